The van der Waals surface area contributed by atoms with Crippen molar-refractivity contribution in [1.29, 1.82) is 0 Å². The van der Waals surface area contributed by atoms with Gasteiger partial charge in [0, 0.05) is 19.1 Å². The fourth-order valence-electron chi connectivity index (χ4n) is 2.07. The minimum atomic E-state index is -2.93. The molecule has 1 aromatic carbocycles. The molecule has 0 unspecified atom stereocenters. The molecule has 1 aromatic rings. The van der Waals surface area contributed by atoms with Crippen LogP contribution in [-0.4, -0.2) is 5.78 Å². The van der Waals surface area contributed by atoms with E-state index in [0.717, 1.165) is 0 Å². The number of fused-ring (bicyclic) bond motifs is 1. The number of ketones is 1. The van der Waals surface area contributed by atoms with Gasteiger partial charge in [-0.3, -0.25) is 4.79 Å². The van der Waals surface area contributed by atoms with Gasteiger partial charge in [-0.1, -0.05) is 31.7 Å². The van der Waals surface area contributed by atoms with Gasteiger partial charge < -0.3 is 0 Å². The predicted molar refractivity (Wildman–Crippen MR) is 64.2 cm³/mol. The van der Waals surface area contributed by atoms with Crippen LogP contribution in [0.3, 0.4) is 0 Å². The summed E-state index contributed by atoms with van der Waals surface area (Å²) in [5.41, 5.74) is -2.98. The summed E-state index contributed by atoms with van der Waals surface area (Å²) in [6.07, 6.45) is 0. The molecule has 0 amide bonds. The van der Waals surface area contributed by atoms with Gasteiger partial charge in [-0.2, -0.15) is 0 Å². The Labute approximate surface area is 101 Å². The van der Waals surface area contributed by atoms with Crippen molar-refractivity contribution >= 4 is 5.78 Å². The van der Waals surface area contributed by atoms with Crippen molar-refractivity contribution in [3.63, 3.8) is 0 Å². The Bertz CT molecular complexity index is 554. The summed E-state index contributed by atoms with van der Waals surface area (Å²) in [6, 6.07) is 6.33. The molecule has 1 heteroatoms. The van der Waals surface area contributed by atoms with Crippen molar-refractivity contribution in [2.45, 2.75) is 45.8 Å². The first kappa shape index (κ1) is 5.83. The Balaban J connectivity index is 0.00000220. The number of Topliss-reactive ketones (excluding diaryl/α,β-unsaturated/α-hetero) is 1. The van der Waals surface area contributed by atoms with Gasteiger partial charge >= 0.3 is 0 Å². The van der Waals surface area contributed by atoms with Gasteiger partial charge in [0.1, 0.15) is 0 Å². The topological polar surface area (TPSA) is 17.1 Å². The summed E-state index contributed by atoms with van der Waals surface area (Å²) in [7, 11) is 0. The van der Waals surface area contributed by atoms with Crippen molar-refractivity contribution in [2.75, 3.05) is 0 Å². The Morgan fingerprint density at radius 3 is 2.00 bits per heavy atom. The van der Waals surface area contributed by atoms with E-state index in [1.54, 1.807) is 32.0 Å². The second kappa shape index (κ2) is 3.19. The van der Waals surface area contributed by atoms with Crippen LogP contribution < -0.4 is 0 Å². The number of rotatable bonds is 0. The van der Waals surface area contributed by atoms with Crippen LogP contribution in [0.4, 0.5) is 0 Å². The standard InChI is InChI=1S/C13H16O.CH4/c1-12(2)9-7-5-6-8-10(9)13(3,4)11(12)14;/h5-8H,1-4H3;1H4/i1D3,2D3;. The van der Waals surface area contributed by atoms with Gasteiger partial charge in [0.05, 0.1) is 0 Å². The monoisotopic (exact) mass is 210 g/mol. The molecule has 0 spiro atoms. The van der Waals surface area contributed by atoms with Crippen LogP contribution in [0.15, 0.2) is 24.3 Å². The first-order chi connectivity index (χ1) is 8.88. The van der Waals surface area contributed by atoms with Gasteiger partial charge in [-0.25, -0.2) is 0 Å². The van der Waals surface area contributed by atoms with E-state index in [-0.39, 0.29) is 13.0 Å². The van der Waals surface area contributed by atoms with Gasteiger partial charge in [0.25, 0.3) is 0 Å². The average Bonchev–Trinajstić information content (AvgIpc) is 2.44. The van der Waals surface area contributed by atoms with Gasteiger partial charge in [0.2, 0.25) is 0 Å². The van der Waals surface area contributed by atoms with Crippen LogP contribution in [0.1, 0.15) is 54.3 Å². The summed E-state index contributed by atoms with van der Waals surface area (Å²) < 4.78 is 46.3. The van der Waals surface area contributed by atoms with Crippen LogP contribution in [0.25, 0.3) is 0 Å². The van der Waals surface area contributed by atoms with E-state index < -0.39 is 30.3 Å². The minimum Gasteiger partial charge on any atom is -0.298 e. The Morgan fingerprint density at radius 2 is 1.53 bits per heavy atom. The van der Waals surface area contributed by atoms with Crippen molar-refractivity contribution in [2.24, 2.45) is 0 Å². The van der Waals surface area contributed by atoms with Gasteiger partial charge in [-0.15, -0.1) is 0 Å². The lowest BCUT2D eigenvalue weighted by atomic mass is 9.80. The molecular weight excluding hydrogens is 184 g/mol. The van der Waals surface area contributed by atoms with Crippen molar-refractivity contribution in [3.8, 4) is 0 Å². The first-order valence-corrected chi connectivity index (χ1v) is 4.53. The normalized spacial score (nSPS) is 28.3. The molecule has 0 bridgehead atoms. The summed E-state index contributed by atoms with van der Waals surface area (Å²) in [6.45, 7) is -2.71. The molecule has 0 heterocycles. The minimum absolute atomic E-state index is 0. The van der Waals surface area contributed by atoms with E-state index in [9.17, 15) is 4.79 Å². The number of carbonyl (C=O) groups is 1. The Hall–Kier alpha value is -1.11. The molecule has 0 aliphatic heterocycles. The lowest BCUT2D eigenvalue weighted by molar-refractivity contribution is -0.126. The molecule has 0 radical (unpaired) electrons. The van der Waals surface area contributed by atoms with Crippen LogP contribution >= 0.6 is 0 Å². The van der Waals surface area contributed by atoms with Crippen molar-refractivity contribution < 1.29 is 13.0 Å². The zero-order valence-electron chi connectivity index (χ0n) is 14.2. The molecule has 1 nitrogen and oxygen atoms in total. The molecule has 1 aliphatic carbocycles. The summed E-state index contributed by atoms with van der Waals surface area (Å²) in [4.78, 5) is 12.8. The maximum absolute atomic E-state index is 12.8. The fraction of sp³-hybridized carbons (Fsp3) is 0.500. The van der Waals surface area contributed by atoms with E-state index in [1.807, 2.05) is 0 Å². The first-order valence-electron chi connectivity index (χ1n) is 7.53. The lowest BCUT2D eigenvalue weighted by Gasteiger charge is -2.21. The third-order valence-corrected chi connectivity index (χ3v) is 2.91. The zero-order chi connectivity index (χ0) is 15.6. The molecule has 0 saturated heterocycles. The predicted octanol–water partition coefficient (Wildman–Crippen LogP) is 3.46. The summed E-state index contributed by atoms with van der Waals surface area (Å²) in [5, 5.41) is 0. The molecule has 0 saturated carbocycles. The van der Waals surface area contributed by atoms with Crippen LogP contribution in [0, 0.1) is 0 Å². The third kappa shape index (κ3) is 1.33. The molecular formula is C14H20O. The largest absolute Gasteiger partial charge is 0.298 e. The summed E-state index contributed by atoms with van der Waals surface area (Å²) >= 11 is 0. The van der Waals surface area contributed by atoms with E-state index in [4.69, 9.17) is 8.22 Å². The van der Waals surface area contributed by atoms with Crippen LogP contribution in [0.5, 0.6) is 0 Å². The van der Waals surface area contributed by atoms with E-state index in [1.165, 1.54) is 6.07 Å². The maximum Gasteiger partial charge on any atom is 0.152 e. The second-order valence-electron chi connectivity index (χ2n) is 4.25. The highest BCUT2D eigenvalue weighted by atomic mass is 16.1. The highest BCUT2D eigenvalue weighted by molar-refractivity contribution is 6.02. The molecule has 0 N–H and O–H groups in total. The molecule has 15 heavy (non-hydrogen) atoms. The summed E-state index contributed by atoms with van der Waals surface area (Å²) in [5.74, 6) is -0.758. The molecule has 82 valence electrons. The number of carbonyl (C=O) groups excluding carboxylic acids is 1. The van der Waals surface area contributed by atoms with Crippen molar-refractivity contribution in [1.82, 2.24) is 0 Å². The van der Waals surface area contributed by atoms with E-state index in [0.29, 0.717) is 5.56 Å². The van der Waals surface area contributed by atoms with Gasteiger partial charge in [0.15, 0.2) is 5.78 Å². The molecule has 0 atom stereocenters. The smallest absolute Gasteiger partial charge is 0.152 e. The van der Waals surface area contributed by atoms with E-state index in [2.05, 4.69) is 0 Å². The Kier molecular flexibility index (Phi) is 1.24. The lowest BCUT2D eigenvalue weighted by Crippen LogP contribution is -2.33. The van der Waals surface area contributed by atoms with Crippen LogP contribution in [-0.2, 0) is 15.6 Å². The molecule has 0 fully saturated rings. The highest BCUT2D eigenvalue weighted by Crippen LogP contribution is 2.45. The fourth-order valence-corrected chi connectivity index (χ4v) is 2.07. The van der Waals surface area contributed by atoms with Crippen LogP contribution in [0.2, 0.25) is 0 Å². The number of hydrogen-bond acceptors (Lipinski definition) is 1. The maximum atomic E-state index is 12.8. The second-order valence-corrected chi connectivity index (χ2v) is 4.25. The molecule has 1 aliphatic rings. The SMILES string of the molecule is C.[2H]C([2H])([2H])C1(C([2H])([2H])[2H])C(=O)C(C)(C)c2ccccc21. The third-order valence-electron chi connectivity index (χ3n) is 2.91. The highest BCUT2D eigenvalue weighted by Gasteiger charge is 2.49. The number of benzene rings is 1. The molecule has 0 aromatic heterocycles. The Morgan fingerprint density at radius 1 is 1.07 bits per heavy atom. The quantitative estimate of drug-likeness (QED) is 0.641. The van der Waals surface area contributed by atoms with Gasteiger partial charge in [-0.05, 0) is 38.7 Å². The van der Waals surface area contributed by atoms with Crippen molar-refractivity contribution in [3.05, 3.63) is 35.4 Å². The zero-order valence-corrected chi connectivity index (χ0v) is 8.22. The van der Waals surface area contributed by atoms with E-state index >= 15 is 0 Å². The molecule has 2 rings (SSSR count). The average molecular weight is 210 g/mol. The number of hydrogen-bond donors (Lipinski definition) is 0.